The van der Waals surface area contributed by atoms with Gasteiger partial charge in [-0.3, -0.25) is 18.7 Å². The van der Waals surface area contributed by atoms with Crippen LogP contribution in [0.5, 0.6) is 0 Å². The number of pyridine rings is 3. The number of rotatable bonds is 6. The van der Waals surface area contributed by atoms with Gasteiger partial charge < -0.3 is 35.6 Å². The molecule has 2 saturated heterocycles. The van der Waals surface area contributed by atoms with Crippen LogP contribution in [0, 0.1) is 35.1 Å². The summed E-state index contributed by atoms with van der Waals surface area (Å²) in [6.45, 7) is 3.97. The fraction of sp³-hybridized carbons (Fsp3) is 0.342. The van der Waals surface area contributed by atoms with Crippen LogP contribution in [-0.2, 0) is 10.1 Å². The molecule has 2 aromatic carbocycles. The van der Waals surface area contributed by atoms with Crippen molar-refractivity contribution in [1.82, 2.24) is 19.4 Å². The number of anilines is 2. The highest BCUT2D eigenvalue weighted by atomic mass is 32.2. The number of aromatic nitrogens is 3. The van der Waals surface area contributed by atoms with E-state index in [1.807, 2.05) is 9.47 Å². The number of hydrogen-bond acceptors (Lipinski definition) is 11. The van der Waals surface area contributed by atoms with Gasteiger partial charge in [0.2, 0.25) is 10.9 Å². The number of nitrogens with zero attached hydrogens (tertiary/aromatic N) is 5. The number of nitrogens with one attached hydrogen (secondary N) is 1. The molecule has 0 radical (unpaired) electrons. The van der Waals surface area contributed by atoms with E-state index in [-0.39, 0.29) is 57.4 Å². The third kappa shape index (κ3) is 8.49. The Kier molecular flexibility index (Phi) is 11.0. The van der Waals surface area contributed by atoms with E-state index in [1.54, 1.807) is 11.0 Å². The maximum absolute atomic E-state index is 14.8. The van der Waals surface area contributed by atoms with E-state index in [0.29, 0.717) is 49.7 Å². The lowest BCUT2D eigenvalue weighted by Crippen LogP contribution is -2.43. The molecule has 0 bridgehead atoms. The van der Waals surface area contributed by atoms with Crippen molar-refractivity contribution in [3.63, 3.8) is 0 Å². The van der Waals surface area contributed by atoms with E-state index in [0.717, 1.165) is 54.9 Å². The van der Waals surface area contributed by atoms with Gasteiger partial charge in [0, 0.05) is 75.2 Å². The average Bonchev–Trinajstić information content (AvgIpc) is 4.06. The van der Waals surface area contributed by atoms with Crippen LogP contribution in [0.1, 0.15) is 39.6 Å². The van der Waals surface area contributed by atoms with Crippen molar-refractivity contribution >= 4 is 55.5 Å². The number of aromatic carboxylic acids is 2. The lowest BCUT2D eigenvalue weighted by molar-refractivity contribution is 0.0684. The molecule has 2 aliphatic heterocycles. The van der Waals surface area contributed by atoms with Crippen molar-refractivity contribution in [1.29, 1.82) is 0 Å². The molecule has 0 amide bonds. The molecule has 59 heavy (non-hydrogen) atoms. The van der Waals surface area contributed by atoms with Gasteiger partial charge in [0.05, 0.1) is 28.5 Å². The molecule has 9 rings (SSSR count). The summed E-state index contributed by atoms with van der Waals surface area (Å²) in [6, 6.07) is 6.77. The largest absolute Gasteiger partial charge is 0.477 e. The summed E-state index contributed by atoms with van der Waals surface area (Å²) >= 11 is 0. The standard InChI is InChI=1S/C20H15F3N4O3.C17H18FN3O3.CH4O3S/c21-8-1-2-15(13(22)3-8)27-7-12(20(29)30)17(28)9-4-14(23)19(25-18(9)27)26-5-10-11(6-26)16(10)24;18-13-7-11-14(8-15(13)20-5-3-19-4-6-20)21(10-1-2-10)9-12(16(11)22)17(23)24;1-5(2,3)4/h1-4,7,10-11,16H,5-6,24H2,(H,29,30);7-10,19H,1-6H2,(H,23,24);1H3,(H,2,3,4)/t10-,11+,16+;;. The summed E-state index contributed by atoms with van der Waals surface area (Å²) in [4.78, 5) is 55.8. The van der Waals surface area contributed by atoms with Crippen LogP contribution in [0.25, 0.3) is 27.6 Å². The Morgan fingerprint density at radius 2 is 1.37 bits per heavy atom. The number of nitrogens with two attached hydrogens (primary N) is 1. The first kappa shape index (κ1) is 41.3. The van der Waals surface area contributed by atoms with Crippen LogP contribution >= 0.6 is 0 Å². The predicted octanol–water partition coefficient (Wildman–Crippen LogP) is 2.98. The van der Waals surface area contributed by atoms with Crippen LogP contribution in [0.4, 0.5) is 29.1 Å². The zero-order valence-corrected chi connectivity index (χ0v) is 31.9. The summed E-state index contributed by atoms with van der Waals surface area (Å²) < 4.78 is 86.0. The summed E-state index contributed by atoms with van der Waals surface area (Å²) in [5.41, 5.74) is 4.10. The Morgan fingerprint density at radius 3 is 1.95 bits per heavy atom. The Labute approximate surface area is 331 Å². The summed E-state index contributed by atoms with van der Waals surface area (Å²) in [5, 5.41) is 21.7. The topological polar surface area (TPSA) is 230 Å². The van der Waals surface area contributed by atoms with Crippen molar-refractivity contribution in [3.8, 4) is 5.69 Å². The second kappa shape index (κ2) is 15.7. The molecule has 4 aliphatic rings. The maximum atomic E-state index is 14.8. The monoisotopic (exact) mass is 843 g/mol. The van der Waals surface area contributed by atoms with E-state index < -0.39 is 61.7 Å². The fourth-order valence-electron chi connectivity index (χ4n) is 7.51. The number of benzene rings is 2. The van der Waals surface area contributed by atoms with Crippen molar-refractivity contribution < 1.29 is 50.3 Å². The molecule has 4 fully saturated rings. The summed E-state index contributed by atoms with van der Waals surface area (Å²) in [6.07, 6.45) is 4.92. The highest BCUT2D eigenvalue weighted by Gasteiger charge is 2.54. The van der Waals surface area contributed by atoms with Crippen LogP contribution < -0.4 is 31.7 Å². The first-order chi connectivity index (χ1) is 27.8. The van der Waals surface area contributed by atoms with E-state index in [4.69, 9.17) is 10.3 Å². The van der Waals surface area contributed by atoms with E-state index in [1.165, 1.54) is 12.3 Å². The molecule has 5 aromatic rings. The average molecular weight is 844 g/mol. The quantitative estimate of drug-likeness (QED) is 0.122. The van der Waals surface area contributed by atoms with Crippen molar-refractivity contribution in [2.45, 2.75) is 24.9 Å². The minimum absolute atomic E-state index is 0.0272. The minimum atomic E-state index is -3.67. The molecule has 5 heterocycles. The van der Waals surface area contributed by atoms with E-state index >= 15 is 0 Å². The van der Waals surface area contributed by atoms with E-state index in [2.05, 4.69) is 10.3 Å². The normalized spacial score (nSPS) is 19.7. The smallest absolute Gasteiger partial charge is 0.341 e. The molecule has 0 unspecified atom stereocenters. The zero-order chi connectivity index (χ0) is 42.7. The Morgan fingerprint density at radius 1 is 0.814 bits per heavy atom. The van der Waals surface area contributed by atoms with Gasteiger partial charge in [-0.2, -0.15) is 8.42 Å². The number of piperidine rings is 1. The lowest BCUT2D eigenvalue weighted by Gasteiger charge is -2.30. The number of piperazine rings is 1. The highest BCUT2D eigenvalue weighted by molar-refractivity contribution is 7.85. The predicted molar refractivity (Wildman–Crippen MR) is 207 cm³/mol. The molecule has 21 heteroatoms. The Balaban J connectivity index is 0.000000164. The number of halogens is 4. The summed E-state index contributed by atoms with van der Waals surface area (Å²) in [5.74, 6) is -5.46. The van der Waals surface area contributed by atoms with Gasteiger partial charge in [-0.1, -0.05) is 0 Å². The van der Waals surface area contributed by atoms with Gasteiger partial charge in [-0.05, 0) is 55.0 Å². The first-order valence-electron chi connectivity index (χ1n) is 18.3. The minimum Gasteiger partial charge on any atom is -0.477 e. The number of fused-ring (bicyclic) bond motifs is 3. The molecule has 2 saturated carbocycles. The summed E-state index contributed by atoms with van der Waals surface area (Å²) in [7, 11) is -3.67. The number of carbonyl (C=O) groups is 2. The number of carboxylic acid groups (broad SMARTS) is 2. The Bertz CT molecular complexity index is 2760. The molecule has 312 valence electrons. The second-order valence-corrected chi connectivity index (χ2v) is 16.2. The van der Waals surface area contributed by atoms with Crippen LogP contribution in [0.2, 0.25) is 0 Å². The van der Waals surface area contributed by atoms with Gasteiger partial charge in [-0.15, -0.1) is 0 Å². The lowest BCUT2D eigenvalue weighted by atomic mass is 10.1. The van der Waals surface area contributed by atoms with Gasteiger partial charge in [0.1, 0.15) is 28.6 Å². The molecule has 3 atom stereocenters. The SMILES string of the molecule is CS(=O)(=O)O.N[C@@H]1[C@H]2CN(c3nc4c(cc3F)c(=O)c(C(=O)O)cn4-c3ccc(F)cc3F)C[C@@H]12.O=C(O)c1cn(C2CC2)c2cc(N3CCNCC3)c(F)cc2c1=O. The zero-order valence-electron chi connectivity index (χ0n) is 31.1. The fourth-order valence-corrected chi connectivity index (χ4v) is 7.51. The van der Waals surface area contributed by atoms with Crippen LogP contribution in [0.15, 0.2) is 58.4 Å². The third-order valence-electron chi connectivity index (χ3n) is 10.6. The van der Waals surface area contributed by atoms with Gasteiger partial charge in [-0.25, -0.2) is 32.1 Å². The van der Waals surface area contributed by atoms with Gasteiger partial charge >= 0.3 is 11.9 Å². The number of hydrogen-bond donors (Lipinski definition) is 5. The molecular weight excluding hydrogens is 807 g/mol. The molecule has 6 N–H and O–H groups in total. The van der Waals surface area contributed by atoms with Crippen molar-refractivity contribution in [2.75, 3.05) is 55.3 Å². The van der Waals surface area contributed by atoms with Gasteiger partial charge in [0.15, 0.2) is 17.3 Å². The first-order valence-corrected chi connectivity index (χ1v) is 20.1. The maximum Gasteiger partial charge on any atom is 0.341 e. The Hall–Kier alpha value is -5.90. The van der Waals surface area contributed by atoms with Crippen molar-refractivity contribution in [3.05, 3.63) is 104 Å². The molecular formula is C38H37F4N7O9S. The highest BCUT2D eigenvalue weighted by Crippen LogP contribution is 2.45. The molecule has 2 aliphatic carbocycles. The van der Waals surface area contributed by atoms with E-state index in [9.17, 15) is 55.4 Å². The van der Waals surface area contributed by atoms with Crippen LogP contribution in [-0.4, -0.2) is 101 Å². The molecule has 3 aromatic heterocycles. The van der Waals surface area contributed by atoms with Crippen molar-refractivity contribution in [2.24, 2.45) is 17.6 Å². The third-order valence-corrected chi connectivity index (χ3v) is 10.6. The molecule has 16 nitrogen and oxygen atoms in total. The van der Waals surface area contributed by atoms with Crippen LogP contribution in [0.3, 0.4) is 0 Å². The molecule has 0 spiro atoms. The second-order valence-electron chi connectivity index (χ2n) is 14.7. The number of carboxylic acids is 2. The van der Waals surface area contributed by atoms with Gasteiger partial charge in [0.25, 0.3) is 10.1 Å².